The van der Waals surface area contributed by atoms with E-state index in [1.165, 1.54) is 218 Å². The summed E-state index contributed by atoms with van der Waals surface area (Å²) in [4.78, 5) is 37.8. The molecule has 0 aromatic rings. The van der Waals surface area contributed by atoms with Crippen LogP contribution in [-0.2, 0) is 28.6 Å². The quantitative estimate of drug-likeness (QED) is 0.0343. The van der Waals surface area contributed by atoms with Gasteiger partial charge in [-0.25, -0.2) is 0 Å². The van der Waals surface area contributed by atoms with E-state index in [1.54, 1.807) is 0 Å². The number of esters is 3. The van der Waals surface area contributed by atoms with Crippen LogP contribution in [-0.4, -0.2) is 37.2 Å². The standard InChI is InChI=1S/C60H116O6/c1-6-8-9-38-45-50-58(61)64-53-57(54-65-59(62)51-46-41-36-32-28-24-20-16-12-10-14-18-22-26-30-34-39-43-48-55(3)4)66-60(63)52-47-42-37-33-29-25-21-17-13-11-15-19-23-27-31-35-40-44-49-56(5)7-2/h55-57H,6-54H2,1-5H3/t56?,57-/m0/s1. The Bertz CT molecular complexity index is 1010. The van der Waals surface area contributed by atoms with Crippen molar-refractivity contribution in [2.24, 2.45) is 11.8 Å². The van der Waals surface area contributed by atoms with E-state index < -0.39 is 6.10 Å². The van der Waals surface area contributed by atoms with Crippen molar-refractivity contribution in [2.45, 2.75) is 343 Å². The van der Waals surface area contributed by atoms with E-state index in [1.807, 2.05) is 0 Å². The van der Waals surface area contributed by atoms with E-state index in [0.29, 0.717) is 19.3 Å². The molecule has 0 fully saturated rings. The highest BCUT2D eigenvalue weighted by Crippen LogP contribution is 2.19. The molecule has 1 unspecified atom stereocenters. The van der Waals surface area contributed by atoms with Crippen molar-refractivity contribution >= 4 is 17.9 Å². The van der Waals surface area contributed by atoms with Gasteiger partial charge in [-0.1, -0.05) is 298 Å². The molecule has 0 heterocycles. The maximum Gasteiger partial charge on any atom is 0.306 e. The molecule has 2 atom stereocenters. The van der Waals surface area contributed by atoms with Crippen LogP contribution in [0.25, 0.3) is 0 Å². The molecule has 0 spiro atoms. The molecule has 6 heteroatoms. The minimum absolute atomic E-state index is 0.0636. The van der Waals surface area contributed by atoms with Gasteiger partial charge in [-0.05, 0) is 31.1 Å². The summed E-state index contributed by atoms with van der Waals surface area (Å²) in [6.07, 6.45) is 57.1. The second-order valence-corrected chi connectivity index (χ2v) is 21.4. The average molecular weight is 934 g/mol. The highest BCUT2D eigenvalue weighted by atomic mass is 16.6. The lowest BCUT2D eigenvalue weighted by molar-refractivity contribution is -0.167. The third-order valence-electron chi connectivity index (χ3n) is 14.1. The maximum atomic E-state index is 12.8. The first-order valence-corrected chi connectivity index (χ1v) is 29.8. The number of rotatable bonds is 54. The monoisotopic (exact) mass is 933 g/mol. The van der Waals surface area contributed by atoms with Gasteiger partial charge in [0.25, 0.3) is 0 Å². The van der Waals surface area contributed by atoms with Crippen LogP contribution in [0.2, 0.25) is 0 Å². The fraction of sp³-hybridized carbons (Fsp3) is 0.950. The van der Waals surface area contributed by atoms with E-state index in [-0.39, 0.29) is 31.1 Å². The summed E-state index contributed by atoms with van der Waals surface area (Å²) in [5.74, 6) is 0.915. The number of carbonyl (C=O) groups is 3. The summed E-state index contributed by atoms with van der Waals surface area (Å²) in [7, 11) is 0. The smallest absolute Gasteiger partial charge is 0.306 e. The van der Waals surface area contributed by atoms with Crippen LogP contribution in [0.4, 0.5) is 0 Å². The third-order valence-corrected chi connectivity index (χ3v) is 14.1. The lowest BCUT2D eigenvalue weighted by Gasteiger charge is -2.18. The van der Waals surface area contributed by atoms with Crippen LogP contribution in [0.1, 0.15) is 336 Å². The molecule has 0 N–H and O–H groups in total. The molecule has 0 aliphatic heterocycles. The van der Waals surface area contributed by atoms with Crippen molar-refractivity contribution in [3.05, 3.63) is 0 Å². The van der Waals surface area contributed by atoms with Crippen LogP contribution in [0.3, 0.4) is 0 Å². The number of hydrogen-bond acceptors (Lipinski definition) is 6. The first kappa shape index (κ1) is 64.4. The Morgan fingerprint density at radius 2 is 0.576 bits per heavy atom. The molecular formula is C60H116O6. The fourth-order valence-corrected chi connectivity index (χ4v) is 9.20. The van der Waals surface area contributed by atoms with Crippen LogP contribution in [0, 0.1) is 11.8 Å². The molecule has 0 bridgehead atoms. The molecule has 6 nitrogen and oxygen atoms in total. The van der Waals surface area contributed by atoms with Crippen LogP contribution in [0.5, 0.6) is 0 Å². The van der Waals surface area contributed by atoms with Crippen LogP contribution >= 0.6 is 0 Å². The second kappa shape index (κ2) is 52.8. The molecule has 0 aliphatic rings. The lowest BCUT2D eigenvalue weighted by Crippen LogP contribution is -2.30. The van der Waals surface area contributed by atoms with Gasteiger partial charge in [-0.15, -0.1) is 0 Å². The molecule has 0 rings (SSSR count). The van der Waals surface area contributed by atoms with Crippen molar-refractivity contribution in [1.82, 2.24) is 0 Å². The molecule has 0 amide bonds. The highest BCUT2D eigenvalue weighted by Gasteiger charge is 2.19. The van der Waals surface area contributed by atoms with E-state index in [2.05, 4.69) is 34.6 Å². The van der Waals surface area contributed by atoms with E-state index >= 15 is 0 Å². The molecule has 66 heavy (non-hydrogen) atoms. The topological polar surface area (TPSA) is 78.9 Å². The van der Waals surface area contributed by atoms with Gasteiger partial charge in [0.15, 0.2) is 6.10 Å². The first-order valence-electron chi connectivity index (χ1n) is 29.8. The Morgan fingerprint density at radius 3 is 0.864 bits per heavy atom. The van der Waals surface area contributed by atoms with Crippen LogP contribution < -0.4 is 0 Å². The predicted molar refractivity (Wildman–Crippen MR) is 284 cm³/mol. The summed E-state index contributed by atoms with van der Waals surface area (Å²) in [5, 5.41) is 0. The second-order valence-electron chi connectivity index (χ2n) is 21.4. The summed E-state index contributed by atoms with van der Waals surface area (Å²) < 4.78 is 16.8. The van der Waals surface area contributed by atoms with Gasteiger partial charge in [-0.3, -0.25) is 14.4 Å². The summed E-state index contributed by atoms with van der Waals surface area (Å²) in [6.45, 7) is 11.4. The van der Waals surface area contributed by atoms with Gasteiger partial charge in [0, 0.05) is 19.3 Å². The SMILES string of the molecule is CCCCCCCC(=O)OC[C@@H](COC(=O)CCCCCCCCCCCCCCCCCCCCC(C)C)OC(=O)CCCCCCCCCCCCCCCCCCCCC(C)CC. The number of ether oxygens (including phenoxy) is 3. The minimum Gasteiger partial charge on any atom is -0.462 e. The molecule has 0 aromatic carbocycles. The van der Waals surface area contributed by atoms with Gasteiger partial charge in [0.1, 0.15) is 13.2 Å². The number of unbranched alkanes of at least 4 members (excludes halogenated alkanes) is 38. The summed E-state index contributed by atoms with van der Waals surface area (Å²) >= 11 is 0. The summed E-state index contributed by atoms with van der Waals surface area (Å²) in [6, 6.07) is 0. The summed E-state index contributed by atoms with van der Waals surface area (Å²) in [5.41, 5.74) is 0. The largest absolute Gasteiger partial charge is 0.462 e. The Balaban J connectivity index is 4.01. The number of carbonyl (C=O) groups excluding carboxylic acids is 3. The van der Waals surface area contributed by atoms with Crippen molar-refractivity contribution in [1.29, 1.82) is 0 Å². The molecule has 0 aromatic heterocycles. The van der Waals surface area contributed by atoms with Gasteiger partial charge in [0.05, 0.1) is 0 Å². The Hall–Kier alpha value is -1.59. The third kappa shape index (κ3) is 51.8. The Labute approximate surface area is 412 Å². The van der Waals surface area contributed by atoms with Crippen molar-refractivity contribution in [2.75, 3.05) is 13.2 Å². The predicted octanol–water partition coefficient (Wildman–Crippen LogP) is 19.7. The van der Waals surface area contributed by atoms with Crippen LogP contribution in [0.15, 0.2) is 0 Å². The van der Waals surface area contributed by atoms with Gasteiger partial charge < -0.3 is 14.2 Å². The molecule has 0 aliphatic carbocycles. The van der Waals surface area contributed by atoms with Crippen molar-refractivity contribution in [3.8, 4) is 0 Å². The normalized spacial score (nSPS) is 12.5. The number of hydrogen-bond donors (Lipinski definition) is 0. The van der Waals surface area contributed by atoms with Crippen molar-refractivity contribution < 1.29 is 28.6 Å². The molecule has 0 radical (unpaired) electrons. The average Bonchev–Trinajstić information content (AvgIpc) is 3.30. The van der Waals surface area contributed by atoms with E-state index in [9.17, 15) is 14.4 Å². The van der Waals surface area contributed by atoms with E-state index in [4.69, 9.17) is 14.2 Å². The molecular weight excluding hydrogens is 817 g/mol. The van der Waals surface area contributed by atoms with Crippen molar-refractivity contribution in [3.63, 3.8) is 0 Å². The lowest BCUT2D eigenvalue weighted by atomic mass is 9.99. The zero-order valence-electron chi connectivity index (χ0n) is 45.3. The van der Waals surface area contributed by atoms with E-state index in [0.717, 1.165) is 76.0 Å². The highest BCUT2D eigenvalue weighted by molar-refractivity contribution is 5.71. The van der Waals surface area contributed by atoms with Gasteiger partial charge in [-0.2, -0.15) is 0 Å². The zero-order chi connectivity index (χ0) is 48.2. The maximum absolute atomic E-state index is 12.8. The minimum atomic E-state index is -0.760. The zero-order valence-corrected chi connectivity index (χ0v) is 45.3. The Morgan fingerprint density at radius 1 is 0.318 bits per heavy atom. The molecule has 392 valence electrons. The molecule has 0 saturated carbocycles. The first-order chi connectivity index (χ1) is 32.3. The Kier molecular flexibility index (Phi) is 51.5. The van der Waals surface area contributed by atoms with Gasteiger partial charge >= 0.3 is 17.9 Å². The molecule has 0 saturated heterocycles. The fourth-order valence-electron chi connectivity index (χ4n) is 9.20. The van der Waals surface area contributed by atoms with Gasteiger partial charge in [0.2, 0.25) is 0 Å².